The Hall–Kier alpha value is -6.09. The van der Waals surface area contributed by atoms with Gasteiger partial charge in [0.05, 0.1) is 31.6 Å². The molecule has 0 radical (unpaired) electrons. The molecular weight excluding hydrogens is 724 g/mol. The fourth-order valence-corrected chi connectivity index (χ4v) is 4.93. The van der Waals surface area contributed by atoms with Crippen molar-refractivity contribution in [2.24, 2.45) is 11.7 Å². The van der Waals surface area contributed by atoms with Crippen LogP contribution in [0.4, 0.5) is 0 Å². The number of nitrogens with one attached hydrogen (secondary N) is 8. The van der Waals surface area contributed by atoms with Crippen LogP contribution >= 0.6 is 0 Å². The number of carboxylic acids is 1. The molecule has 0 saturated heterocycles. The molecule has 0 unspecified atom stereocenters. The van der Waals surface area contributed by atoms with Crippen LogP contribution in [0.25, 0.3) is 0 Å². The van der Waals surface area contributed by atoms with Gasteiger partial charge < -0.3 is 63.3 Å². The Morgan fingerprint density at radius 1 is 0.727 bits per heavy atom. The van der Waals surface area contributed by atoms with E-state index < -0.39 is 103 Å². The number of aliphatic carboxylic acids is 1. The molecule has 21 nitrogen and oxygen atoms in total. The summed E-state index contributed by atoms with van der Waals surface area (Å²) in [4.78, 5) is 107. The number of carboxylic acid groups (broad SMARTS) is 1. The molecule has 0 saturated carbocycles. The fraction of sp³-hybridized carbons (Fsp3) is 0.500. The van der Waals surface area contributed by atoms with E-state index in [-0.39, 0.29) is 30.9 Å². The number of aliphatic hydroxyl groups is 1. The van der Waals surface area contributed by atoms with Crippen LogP contribution in [0, 0.1) is 5.92 Å². The van der Waals surface area contributed by atoms with Gasteiger partial charge in [-0.05, 0) is 43.9 Å². The minimum atomic E-state index is -1.62. The molecule has 1 heterocycles. The van der Waals surface area contributed by atoms with Crippen molar-refractivity contribution in [2.75, 3.05) is 19.6 Å². The zero-order valence-electron chi connectivity index (χ0n) is 30.9. The van der Waals surface area contributed by atoms with Gasteiger partial charge in [0.1, 0.15) is 36.5 Å². The Labute approximate surface area is 316 Å². The molecule has 6 atom stereocenters. The molecule has 302 valence electrons. The zero-order valence-corrected chi connectivity index (χ0v) is 30.9. The normalized spacial score (nSPS) is 14.2. The summed E-state index contributed by atoms with van der Waals surface area (Å²) in [6, 6.07) is -0.554. The summed E-state index contributed by atoms with van der Waals surface area (Å²) in [7, 11) is 0. The van der Waals surface area contributed by atoms with Gasteiger partial charge in [0, 0.05) is 24.7 Å². The van der Waals surface area contributed by atoms with Crippen LogP contribution in [0.3, 0.4) is 0 Å². The number of hydrogen-bond acceptors (Lipinski definition) is 12. The van der Waals surface area contributed by atoms with Gasteiger partial charge >= 0.3 is 5.97 Å². The van der Waals surface area contributed by atoms with E-state index in [1.807, 2.05) is 0 Å². The number of phenols is 1. The lowest BCUT2D eigenvalue weighted by Gasteiger charge is -2.25. The van der Waals surface area contributed by atoms with Crippen molar-refractivity contribution < 1.29 is 53.7 Å². The molecule has 2 rings (SSSR count). The minimum absolute atomic E-state index is 0.0663. The van der Waals surface area contributed by atoms with Gasteiger partial charge in [-0.25, -0.2) is 4.98 Å². The lowest BCUT2D eigenvalue weighted by Crippen LogP contribution is -2.59. The van der Waals surface area contributed by atoms with Crippen LogP contribution in [-0.2, 0) is 51.2 Å². The van der Waals surface area contributed by atoms with Crippen LogP contribution < -0.4 is 43.0 Å². The van der Waals surface area contributed by atoms with Crippen molar-refractivity contribution in [3.8, 4) is 5.75 Å². The monoisotopic (exact) mass is 774 g/mol. The third kappa shape index (κ3) is 16.6. The average Bonchev–Trinajstić information content (AvgIpc) is 3.63. The van der Waals surface area contributed by atoms with E-state index in [1.54, 1.807) is 13.8 Å². The van der Waals surface area contributed by atoms with Crippen LogP contribution in [0.2, 0.25) is 0 Å². The standard InChI is InChI=1S/C34H50N10O11/c1-17(2)9-24(32(53)39-15-28(49)50)42-26(47)13-38-33(54)25(10-20-5-7-22(46)8-6-20)43-34(55)29(19(4)45)44-27(48)14-37-30(51)18(3)41-31(52)23(35)11-21-12-36-16-40-21/h5-8,12,16-19,23-25,29,45-46H,9-11,13-15,35H2,1-4H3,(H,36,40)(H,37,51)(H,38,54)(H,39,53)(H,41,52)(H,42,47)(H,43,55)(H,44,48)(H,49,50)/t18-,19+,23-,24-,25-,29-/m0/s1. The van der Waals surface area contributed by atoms with E-state index in [2.05, 4.69) is 47.2 Å². The van der Waals surface area contributed by atoms with E-state index in [1.165, 1.54) is 50.6 Å². The Morgan fingerprint density at radius 2 is 1.31 bits per heavy atom. The highest BCUT2D eigenvalue weighted by Crippen LogP contribution is 2.12. The summed E-state index contributed by atoms with van der Waals surface area (Å²) < 4.78 is 0. The number of phenolic OH excluding ortho intramolecular Hbond substituents is 1. The maximum atomic E-state index is 13.4. The average molecular weight is 775 g/mol. The van der Waals surface area contributed by atoms with Crippen LogP contribution in [0.1, 0.15) is 45.4 Å². The van der Waals surface area contributed by atoms with E-state index in [0.29, 0.717) is 11.3 Å². The largest absolute Gasteiger partial charge is 0.508 e. The number of amides is 7. The number of nitrogens with zero attached hydrogens (tertiary/aromatic N) is 1. The quantitative estimate of drug-likeness (QED) is 0.0544. The minimum Gasteiger partial charge on any atom is -0.508 e. The van der Waals surface area contributed by atoms with Gasteiger partial charge in [-0.2, -0.15) is 0 Å². The molecule has 7 amide bonds. The molecular formula is C34H50N10O11. The zero-order chi connectivity index (χ0) is 41.2. The van der Waals surface area contributed by atoms with Crippen LogP contribution in [-0.4, -0.2) is 129 Å². The molecule has 0 fully saturated rings. The number of carbonyl (C=O) groups is 8. The molecule has 2 aromatic rings. The van der Waals surface area contributed by atoms with Crippen LogP contribution in [0.5, 0.6) is 5.75 Å². The second kappa shape index (κ2) is 22.2. The van der Waals surface area contributed by atoms with Gasteiger partial charge in [-0.3, -0.25) is 38.4 Å². The summed E-state index contributed by atoms with van der Waals surface area (Å²) in [6.07, 6.45) is 1.56. The Balaban J connectivity index is 2.04. The number of aromatic hydroxyl groups is 1. The smallest absolute Gasteiger partial charge is 0.322 e. The van der Waals surface area contributed by atoms with E-state index >= 15 is 0 Å². The lowest BCUT2D eigenvalue weighted by atomic mass is 10.0. The lowest BCUT2D eigenvalue weighted by molar-refractivity contribution is -0.138. The summed E-state index contributed by atoms with van der Waals surface area (Å²) >= 11 is 0. The summed E-state index contributed by atoms with van der Waals surface area (Å²) in [5.41, 5.74) is 6.96. The molecule has 21 heteroatoms. The number of hydrogen-bond donors (Lipinski definition) is 12. The summed E-state index contributed by atoms with van der Waals surface area (Å²) in [6.45, 7) is 4.17. The summed E-state index contributed by atoms with van der Waals surface area (Å²) in [5, 5.41) is 45.4. The molecule has 13 N–H and O–H groups in total. The van der Waals surface area contributed by atoms with E-state index in [4.69, 9.17) is 10.8 Å². The molecule has 0 aliphatic heterocycles. The third-order valence-corrected chi connectivity index (χ3v) is 7.79. The van der Waals surface area contributed by atoms with Crippen molar-refractivity contribution in [3.05, 3.63) is 48.0 Å². The first-order valence-electron chi connectivity index (χ1n) is 17.3. The summed E-state index contributed by atoms with van der Waals surface area (Å²) in [5.74, 6) is -7.09. The van der Waals surface area contributed by atoms with Crippen molar-refractivity contribution in [3.63, 3.8) is 0 Å². The first-order valence-corrected chi connectivity index (χ1v) is 17.3. The number of imidazole rings is 1. The third-order valence-electron chi connectivity index (χ3n) is 7.79. The first-order chi connectivity index (χ1) is 25.9. The predicted octanol–water partition coefficient (Wildman–Crippen LogP) is -3.95. The number of carbonyl (C=O) groups excluding carboxylic acids is 7. The number of nitrogens with two attached hydrogens (primary N) is 1. The number of aromatic nitrogens is 2. The maximum absolute atomic E-state index is 13.4. The van der Waals surface area contributed by atoms with E-state index in [0.717, 1.165) is 0 Å². The Bertz CT molecular complexity index is 1630. The molecule has 0 aliphatic carbocycles. The SMILES string of the molecule is CC(C)C[C@H](NC(=O)CNC(=O)[C@H](Cc1ccc(O)cc1)NC(=O)[C@@H](NC(=O)CNC(=O)[C@H](C)NC(=O)[C@@H](N)Cc1cnc[nH]1)[C@@H](C)O)C(=O)NCC(=O)O. The van der Waals surface area contributed by atoms with Crippen molar-refractivity contribution in [1.82, 2.24) is 47.2 Å². The van der Waals surface area contributed by atoms with Gasteiger partial charge in [0.15, 0.2) is 0 Å². The number of H-pyrrole nitrogens is 1. The highest BCUT2D eigenvalue weighted by atomic mass is 16.4. The van der Waals surface area contributed by atoms with Crippen molar-refractivity contribution in [2.45, 2.75) is 83.3 Å². The second-order valence-electron chi connectivity index (χ2n) is 13.1. The van der Waals surface area contributed by atoms with Crippen LogP contribution in [0.15, 0.2) is 36.8 Å². The number of rotatable bonds is 22. The van der Waals surface area contributed by atoms with Gasteiger partial charge in [-0.15, -0.1) is 0 Å². The first kappa shape index (κ1) is 45.1. The molecule has 0 spiro atoms. The maximum Gasteiger partial charge on any atom is 0.322 e. The Morgan fingerprint density at radius 3 is 1.87 bits per heavy atom. The Kier molecular flexibility index (Phi) is 18.2. The van der Waals surface area contributed by atoms with Gasteiger partial charge in [-0.1, -0.05) is 26.0 Å². The number of aliphatic hydroxyl groups excluding tert-OH is 1. The van der Waals surface area contributed by atoms with Gasteiger partial charge in [0.2, 0.25) is 41.4 Å². The van der Waals surface area contributed by atoms with Crippen molar-refractivity contribution in [1.29, 1.82) is 0 Å². The fourth-order valence-electron chi connectivity index (χ4n) is 4.93. The molecule has 0 aliphatic rings. The second-order valence-corrected chi connectivity index (χ2v) is 13.1. The highest BCUT2D eigenvalue weighted by Gasteiger charge is 2.31. The highest BCUT2D eigenvalue weighted by molar-refractivity contribution is 5.96. The molecule has 0 bridgehead atoms. The predicted molar refractivity (Wildman–Crippen MR) is 193 cm³/mol. The van der Waals surface area contributed by atoms with E-state index in [9.17, 15) is 48.6 Å². The molecule has 1 aromatic carbocycles. The topological polar surface area (TPSA) is 336 Å². The van der Waals surface area contributed by atoms with Crippen molar-refractivity contribution >= 4 is 47.3 Å². The number of benzene rings is 1. The molecule has 55 heavy (non-hydrogen) atoms. The molecule has 1 aromatic heterocycles. The number of aromatic amines is 1. The van der Waals surface area contributed by atoms with Gasteiger partial charge in [0.25, 0.3) is 0 Å².